The lowest BCUT2D eigenvalue weighted by atomic mass is 10.1. The summed E-state index contributed by atoms with van der Waals surface area (Å²) in [4.78, 5) is 24.6. The third-order valence-electron chi connectivity index (χ3n) is 3.83. The molecule has 6 nitrogen and oxygen atoms in total. The molecule has 1 aromatic rings. The molecule has 2 aliphatic rings. The molecular weight excluding hydrogens is 324 g/mol. The van der Waals surface area contributed by atoms with Gasteiger partial charge in [-0.05, 0) is 24.3 Å². The number of thioether (sulfide) groups is 1. The maximum atomic E-state index is 11.4. The van der Waals surface area contributed by atoms with E-state index in [0.717, 1.165) is 42.1 Å². The standard InChI is InChI=1S/C17H18N4O2S/c18-15(21-8-1-10-24-11-9-21)13-5-2-12(3-6-13)4-7-14-16(22)20-17(23)19-14/h2-3,5-6,14,18H,1,8-11H2,(H2,19,20,22,23)/t14-/m0/s1. The average Bonchev–Trinajstić information content (AvgIpc) is 2.79. The second-order valence-corrected chi connectivity index (χ2v) is 6.77. The first-order valence-corrected chi connectivity index (χ1v) is 8.93. The molecule has 0 saturated carbocycles. The van der Waals surface area contributed by atoms with Gasteiger partial charge in [-0.2, -0.15) is 11.8 Å². The Bertz CT molecular complexity index is 712. The van der Waals surface area contributed by atoms with E-state index >= 15 is 0 Å². The van der Waals surface area contributed by atoms with Crippen LogP contribution in [0.4, 0.5) is 4.79 Å². The number of amides is 3. The Kier molecular flexibility index (Phi) is 5.06. The van der Waals surface area contributed by atoms with Crippen molar-refractivity contribution < 1.29 is 9.59 Å². The van der Waals surface area contributed by atoms with Crippen molar-refractivity contribution in [3.63, 3.8) is 0 Å². The van der Waals surface area contributed by atoms with Crippen LogP contribution in [0.5, 0.6) is 0 Å². The normalized spacial score (nSPS) is 20.5. The van der Waals surface area contributed by atoms with E-state index in [1.165, 1.54) is 0 Å². The van der Waals surface area contributed by atoms with Crippen LogP contribution in [0, 0.1) is 17.3 Å². The Morgan fingerprint density at radius 1 is 1.21 bits per heavy atom. The molecule has 2 saturated heterocycles. The van der Waals surface area contributed by atoms with Gasteiger partial charge in [-0.25, -0.2) is 4.79 Å². The molecule has 3 N–H and O–H groups in total. The van der Waals surface area contributed by atoms with Gasteiger partial charge < -0.3 is 10.2 Å². The summed E-state index contributed by atoms with van der Waals surface area (Å²) >= 11 is 1.93. The molecule has 2 heterocycles. The van der Waals surface area contributed by atoms with Crippen molar-refractivity contribution in [2.24, 2.45) is 0 Å². The van der Waals surface area contributed by atoms with E-state index in [4.69, 9.17) is 5.41 Å². The third kappa shape index (κ3) is 3.89. The fourth-order valence-electron chi connectivity index (χ4n) is 2.54. The lowest BCUT2D eigenvalue weighted by Crippen LogP contribution is -2.32. The number of imide groups is 1. The summed E-state index contributed by atoms with van der Waals surface area (Å²) in [6.07, 6.45) is 1.10. The molecule has 0 aromatic heterocycles. The number of benzene rings is 1. The third-order valence-corrected chi connectivity index (χ3v) is 4.88. The number of carbonyl (C=O) groups is 2. The summed E-state index contributed by atoms with van der Waals surface area (Å²) in [6, 6.07) is 6.09. The number of hydrogen-bond donors (Lipinski definition) is 3. The van der Waals surface area contributed by atoms with E-state index in [0.29, 0.717) is 5.84 Å². The molecular formula is C17H18N4O2S. The van der Waals surface area contributed by atoms with Crippen LogP contribution in [0.2, 0.25) is 0 Å². The smallest absolute Gasteiger partial charge is 0.322 e. The molecule has 7 heteroatoms. The summed E-state index contributed by atoms with van der Waals surface area (Å²) < 4.78 is 0. The van der Waals surface area contributed by atoms with Crippen LogP contribution in [0.15, 0.2) is 24.3 Å². The van der Waals surface area contributed by atoms with Crippen LogP contribution in [-0.2, 0) is 4.79 Å². The minimum Gasteiger partial charge on any atom is -0.356 e. The average molecular weight is 342 g/mol. The highest BCUT2D eigenvalue weighted by molar-refractivity contribution is 7.99. The van der Waals surface area contributed by atoms with Crippen LogP contribution in [-0.4, -0.2) is 53.3 Å². The lowest BCUT2D eigenvalue weighted by Gasteiger charge is -2.22. The zero-order chi connectivity index (χ0) is 16.9. The minimum atomic E-state index is -0.801. The summed E-state index contributed by atoms with van der Waals surface area (Å²) in [6.45, 7) is 1.82. The number of rotatable bonds is 1. The van der Waals surface area contributed by atoms with Crippen LogP contribution in [0.25, 0.3) is 0 Å². The number of amidine groups is 1. The predicted molar refractivity (Wildman–Crippen MR) is 94.1 cm³/mol. The van der Waals surface area contributed by atoms with E-state index in [-0.39, 0.29) is 0 Å². The van der Waals surface area contributed by atoms with Gasteiger partial charge in [0, 0.05) is 30.0 Å². The molecule has 0 aliphatic carbocycles. The quantitative estimate of drug-likeness (QED) is 0.308. The molecule has 3 amide bonds. The van der Waals surface area contributed by atoms with Crippen LogP contribution >= 0.6 is 11.8 Å². The molecule has 124 valence electrons. The summed E-state index contributed by atoms with van der Waals surface area (Å²) in [5.74, 6) is 7.95. The Labute approximate surface area is 144 Å². The summed E-state index contributed by atoms with van der Waals surface area (Å²) in [5.41, 5.74) is 1.60. The fourth-order valence-corrected chi connectivity index (χ4v) is 3.42. The van der Waals surface area contributed by atoms with Gasteiger partial charge in [0.25, 0.3) is 5.91 Å². The van der Waals surface area contributed by atoms with Crippen molar-refractivity contribution in [3.8, 4) is 11.8 Å². The van der Waals surface area contributed by atoms with E-state index in [2.05, 4.69) is 27.4 Å². The van der Waals surface area contributed by atoms with Gasteiger partial charge in [0.15, 0.2) is 6.04 Å². The van der Waals surface area contributed by atoms with E-state index in [1.54, 1.807) is 0 Å². The predicted octanol–water partition coefficient (Wildman–Crippen LogP) is 1.01. The maximum absolute atomic E-state index is 11.4. The number of nitrogens with one attached hydrogen (secondary N) is 3. The van der Waals surface area contributed by atoms with Crippen molar-refractivity contribution in [3.05, 3.63) is 35.4 Å². The van der Waals surface area contributed by atoms with Crippen LogP contribution in [0.3, 0.4) is 0 Å². The first-order chi connectivity index (χ1) is 11.6. The molecule has 1 atom stereocenters. The second-order valence-electron chi connectivity index (χ2n) is 5.54. The largest absolute Gasteiger partial charge is 0.356 e. The Hall–Kier alpha value is -2.46. The molecule has 3 rings (SSSR count). The highest BCUT2D eigenvalue weighted by Gasteiger charge is 2.27. The van der Waals surface area contributed by atoms with Crippen LogP contribution in [0.1, 0.15) is 17.5 Å². The molecule has 1 aromatic carbocycles. The lowest BCUT2D eigenvalue weighted by molar-refractivity contribution is -0.119. The molecule has 0 bridgehead atoms. The maximum Gasteiger partial charge on any atom is 0.322 e. The van der Waals surface area contributed by atoms with Crippen LogP contribution < -0.4 is 10.6 Å². The van der Waals surface area contributed by atoms with Gasteiger partial charge in [0.05, 0.1) is 0 Å². The van der Waals surface area contributed by atoms with E-state index in [1.807, 2.05) is 36.0 Å². The van der Waals surface area contributed by atoms with Gasteiger partial charge in [-0.15, -0.1) is 0 Å². The zero-order valence-electron chi connectivity index (χ0n) is 13.1. The van der Waals surface area contributed by atoms with Gasteiger partial charge in [-0.1, -0.05) is 24.0 Å². The first kappa shape index (κ1) is 16.4. The number of nitrogens with zero attached hydrogens (tertiary/aromatic N) is 1. The molecule has 0 radical (unpaired) electrons. The highest BCUT2D eigenvalue weighted by Crippen LogP contribution is 2.13. The minimum absolute atomic E-state index is 0.426. The molecule has 24 heavy (non-hydrogen) atoms. The SMILES string of the molecule is N=C(c1ccc(C#C[C@@H]2NC(=O)NC2=O)cc1)N1CCCSCC1. The van der Waals surface area contributed by atoms with E-state index < -0.39 is 18.0 Å². The topological polar surface area (TPSA) is 85.3 Å². The Morgan fingerprint density at radius 3 is 2.71 bits per heavy atom. The summed E-state index contributed by atoms with van der Waals surface area (Å²) in [7, 11) is 0. The van der Waals surface area contributed by atoms with Crippen molar-refractivity contribution in [1.29, 1.82) is 5.41 Å². The van der Waals surface area contributed by atoms with Crippen molar-refractivity contribution in [2.45, 2.75) is 12.5 Å². The summed E-state index contributed by atoms with van der Waals surface area (Å²) in [5, 5.41) is 12.9. The van der Waals surface area contributed by atoms with Crippen molar-refractivity contribution in [1.82, 2.24) is 15.5 Å². The van der Waals surface area contributed by atoms with Gasteiger partial charge in [-0.3, -0.25) is 15.5 Å². The van der Waals surface area contributed by atoms with Gasteiger partial charge in [0.2, 0.25) is 0 Å². The number of carbonyl (C=O) groups excluding carboxylic acids is 2. The first-order valence-electron chi connectivity index (χ1n) is 7.78. The van der Waals surface area contributed by atoms with Gasteiger partial charge >= 0.3 is 6.03 Å². The molecule has 0 spiro atoms. The fraction of sp³-hybridized carbons (Fsp3) is 0.353. The molecule has 2 fully saturated rings. The second kappa shape index (κ2) is 7.41. The van der Waals surface area contributed by atoms with Crippen molar-refractivity contribution in [2.75, 3.05) is 24.6 Å². The Balaban J connectivity index is 1.66. The monoisotopic (exact) mass is 342 g/mol. The Morgan fingerprint density at radius 2 is 2.00 bits per heavy atom. The number of hydrogen-bond acceptors (Lipinski definition) is 4. The zero-order valence-corrected chi connectivity index (χ0v) is 13.9. The molecule has 2 aliphatic heterocycles. The highest BCUT2D eigenvalue weighted by atomic mass is 32.2. The van der Waals surface area contributed by atoms with Crippen molar-refractivity contribution >= 4 is 29.5 Å². The van der Waals surface area contributed by atoms with E-state index in [9.17, 15) is 9.59 Å². The molecule has 0 unspecified atom stereocenters. The number of urea groups is 1. The van der Waals surface area contributed by atoms with Gasteiger partial charge in [0.1, 0.15) is 5.84 Å².